The van der Waals surface area contributed by atoms with Crippen molar-refractivity contribution in [3.8, 4) is 5.88 Å². The minimum absolute atomic E-state index is 0.249. The lowest BCUT2D eigenvalue weighted by Gasteiger charge is -1.97. The Labute approximate surface area is 64.2 Å². The van der Waals surface area contributed by atoms with Gasteiger partial charge in [0.25, 0.3) is 0 Å². The van der Waals surface area contributed by atoms with Gasteiger partial charge in [0.05, 0.1) is 6.20 Å². The van der Waals surface area contributed by atoms with E-state index in [4.69, 9.17) is 4.74 Å². The topological polar surface area (TPSA) is 52.1 Å². The molecule has 0 aliphatic rings. The number of esters is 1. The number of nitrogens with zero attached hydrogens (tertiary/aromatic N) is 2. The number of rotatable bonds is 2. The molecule has 0 N–H and O–H groups in total. The molecule has 0 atom stereocenters. The monoisotopic (exact) mass is 152 g/mol. The molecule has 0 bridgehead atoms. The van der Waals surface area contributed by atoms with Gasteiger partial charge in [-0.3, -0.25) is 9.78 Å². The summed E-state index contributed by atoms with van der Waals surface area (Å²) < 4.78 is 4.75. The van der Waals surface area contributed by atoms with Crippen molar-refractivity contribution in [2.75, 3.05) is 0 Å². The molecule has 0 aliphatic heterocycles. The Morgan fingerprint density at radius 2 is 2.45 bits per heavy atom. The summed E-state index contributed by atoms with van der Waals surface area (Å²) in [7, 11) is 0. The molecule has 1 heterocycles. The van der Waals surface area contributed by atoms with Crippen LogP contribution in [0.2, 0.25) is 0 Å². The van der Waals surface area contributed by atoms with Gasteiger partial charge in [-0.2, -0.15) is 0 Å². The van der Waals surface area contributed by atoms with Gasteiger partial charge in [0.1, 0.15) is 0 Å². The van der Waals surface area contributed by atoms with Crippen molar-refractivity contribution < 1.29 is 9.53 Å². The number of aromatic nitrogens is 2. The second-order valence-electron chi connectivity index (χ2n) is 1.87. The molecular formula is C7H8N2O2. The van der Waals surface area contributed by atoms with Gasteiger partial charge in [0.2, 0.25) is 5.88 Å². The van der Waals surface area contributed by atoms with E-state index in [2.05, 4.69) is 9.97 Å². The van der Waals surface area contributed by atoms with E-state index in [1.54, 1.807) is 6.92 Å². The molecule has 1 rings (SSSR count). The molecule has 0 aliphatic carbocycles. The molecular weight excluding hydrogens is 144 g/mol. The van der Waals surface area contributed by atoms with Crippen LogP contribution in [0.1, 0.15) is 13.3 Å². The van der Waals surface area contributed by atoms with E-state index in [1.807, 2.05) is 0 Å². The summed E-state index contributed by atoms with van der Waals surface area (Å²) in [6, 6.07) is 0. The maximum atomic E-state index is 10.7. The Hall–Kier alpha value is -1.45. The number of hydrogen-bond donors (Lipinski definition) is 0. The molecule has 4 heteroatoms. The fourth-order valence-corrected chi connectivity index (χ4v) is 0.527. The summed E-state index contributed by atoms with van der Waals surface area (Å²) in [5.74, 6) is -0.0511. The quantitative estimate of drug-likeness (QED) is 0.588. The van der Waals surface area contributed by atoms with E-state index in [0.717, 1.165) is 0 Å². The van der Waals surface area contributed by atoms with Gasteiger partial charge in [-0.15, -0.1) is 0 Å². The molecule has 11 heavy (non-hydrogen) atoms. The minimum atomic E-state index is -0.300. The summed E-state index contributed by atoms with van der Waals surface area (Å²) in [6.45, 7) is 1.72. The largest absolute Gasteiger partial charge is 0.406 e. The third-order valence-electron chi connectivity index (χ3n) is 1.05. The van der Waals surface area contributed by atoms with Gasteiger partial charge >= 0.3 is 5.97 Å². The van der Waals surface area contributed by atoms with Gasteiger partial charge in [-0.25, -0.2) is 4.98 Å². The van der Waals surface area contributed by atoms with Crippen LogP contribution in [0.15, 0.2) is 18.6 Å². The SMILES string of the molecule is CCC(=O)Oc1cnccn1. The van der Waals surface area contributed by atoms with Gasteiger partial charge in [0.15, 0.2) is 0 Å². The van der Waals surface area contributed by atoms with E-state index < -0.39 is 0 Å². The summed E-state index contributed by atoms with van der Waals surface area (Å²) in [5, 5.41) is 0. The van der Waals surface area contributed by atoms with Crippen molar-refractivity contribution in [1.82, 2.24) is 9.97 Å². The van der Waals surface area contributed by atoms with Crippen molar-refractivity contribution in [3.05, 3.63) is 18.6 Å². The predicted molar refractivity (Wildman–Crippen MR) is 38.0 cm³/mol. The molecule has 0 aromatic carbocycles. The van der Waals surface area contributed by atoms with E-state index in [0.29, 0.717) is 6.42 Å². The Morgan fingerprint density at radius 3 is 3.00 bits per heavy atom. The zero-order valence-corrected chi connectivity index (χ0v) is 6.15. The summed E-state index contributed by atoms with van der Waals surface area (Å²) >= 11 is 0. The lowest BCUT2D eigenvalue weighted by Crippen LogP contribution is -2.06. The van der Waals surface area contributed by atoms with Crippen molar-refractivity contribution >= 4 is 5.97 Å². The van der Waals surface area contributed by atoms with Crippen LogP contribution in [0, 0.1) is 0 Å². The van der Waals surface area contributed by atoms with Crippen molar-refractivity contribution in [2.24, 2.45) is 0 Å². The number of carbonyl (C=O) groups is 1. The highest BCUT2D eigenvalue weighted by atomic mass is 16.5. The molecule has 0 amide bonds. The van der Waals surface area contributed by atoms with Crippen molar-refractivity contribution in [1.29, 1.82) is 0 Å². The number of hydrogen-bond acceptors (Lipinski definition) is 4. The van der Waals surface area contributed by atoms with E-state index in [-0.39, 0.29) is 11.8 Å². The van der Waals surface area contributed by atoms with E-state index in [1.165, 1.54) is 18.6 Å². The van der Waals surface area contributed by atoms with Crippen molar-refractivity contribution in [2.45, 2.75) is 13.3 Å². The second kappa shape index (κ2) is 3.65. The van der Waals surface area contributed by atoms with Crippen LogP contribution in [0.4, 0.5) is 0 Å². The first-order valence-electron chi connectivity index (χ1n) is 3.29. The first kappa shape index (κ1) is 7.65. The van der Waals surface area contributed by atoms with Crippen LogP contribution >= 0.6 is 0 Å². The smallest absolute Gasteiger partial charge is 0.312 e. The molecule has 4 nitrogen and oxygen atoms in total. The Bertz CT molecular complexity index is 235. The average Bonchev–Trinajstić information content (AvgIpc) is 2.06. The molecule has 0 fully saturated rings. The normalized spacial score (nSPS) is 9.18. The fourth-order valence-electron chi connectivity index (χ4n) is 0.527. The Kier molecular flexibility index (Phi) is 2.54. The van der Waals surface area contributed by atoms with Crippen LogP contribution < -0.4 is 4.74 Å². The standard InChI is InChI=1S/C7H8N2O2/c1-2-7(10)11-6-5-8-3-4-9-6/h3-5H,2H2,1H3. The lowest BCUT2D eigenvalue weighted by atomic mass is 10.5. The third kappa shape index (κ3) is 2.33. The van der Waals surface area contributed by atoms with Gasteiger partial charge in [0, 0.05) is 18.8 Å². The first-order chi connectivity index (χ1) is 5.33. The molecule has 0 radical (unpaired) electrons. The highest BCUT2D eigenvalue weighted by Crippen LogP contribution is 2.01. The maximum absolute atomic E-state index is 10.7. The second-order valence-corrected chi connectivity index (χ2v) is 1.87. The van der Waals surface area contributed by atoms with Crippen LogP contribution in [-0.4, -0.2) is 15.9 Å². The lowest BCUT2D eigenvalue weighted by molar-refractivity contribution is -0.134. The Morgan fingerprint density at radius 1 is 1.64 bits per heavy atom. The average molecular weight is 152 g/mol. The number of ether oxygens (including phenoxy) is 1. The van der Waals surface area contributed by atoms with E-state index >= 15 is 0 Å². The van der Waals surface area contributed by atoms with Gasteiger partial charge in [-0.05, 0) is 0 Å². The molecule has 58 valence electrons. The van der Waals surface area contributed by atoms with Crippen LogP contribution in [0.5, 0.6) is 5.88 Å². The van der Waals surface area contributed by atoms with E-state index in [9.17, 15) is 4.79 Å². The van der Waals surface area contributed by atoms with Crippen LogP contribution in [-0.2, 0) is 4.79 Å². The third-order valence-corrected chi connectivity index (χ3v) is 1.05. The molecule has 1 aromatic heterocycles. The van der Waals surface area contributed by atoms with Gasteiger partial charge in [-0.1, -0.05) is 6.92 Å². The van der Waals surface area contributed by atoms with Crippen LogP contribution in [0.3, 0.4) is 0 Å². The molecule has 0 unspecified atom stereocenters. The maximum Gasteiger partial charge on any atom is 0.312 e. The highest BCUT2D eigenvalue weighted by Gasteiger charge is 2.00. The molecule has 0 saturated carbocycles. The summed E-state index contributed by atoms with van der Waals surface area (Å²) in [5.41, 5.74) is 0. The molecule has 0 spiro atoms. The highest BCUT2D eigenvalue weighted by molar-refractivity contribution is 5.71. The zero-order valence-electron chi connectivity index (χ0n) is 6.15. The minimum Gasteiger partial charge on any atom is -0.406 e. The van der Waals surface area contributed by atoms with Gasteiger partial charge < -0.3 is 4.74 Å². The molecule has 1 aromatic rings. The first-order valence-corrected chi connectivity index (χ1v) is 3.29. The fraction of sp³-hybridized carbons (Fsp3) is 0.286. The Balaban J connectivity index is 2.58. The zero-order chi connectivity index (χ0) is 8.10. The van der Waals surface area contributed by atoms with Crippen molar-refractivity contribution in [3.63, 3.8) is 0 Å². The predicted octanol–water partition coefficient (Wildman–Crippen LogP) is 0.792. The molecule has 0 saturated heterocycles. The van der Waals surface area contributed by atoms with Crippen LogP contribution in [0.25, 0.3) is 0 Å². The number of carbonyl (C=O) groups excluding carboxylic acids is 1. The summed E-state index contributed by atoms with van der Waals surface area (Å²) in [6.07, 6.45) is 4.73. The summed E-state index contributed by atoms with van der Waals surface area (Å²) in [4.78, 5) is 18.2.